The fraction of sp³-hybridized carbons (Fsp3) is 0.300. The Bertz CT molecular complexity index is 746. The lowest BCUT2D eigenvalue weighted by Crippen LogP contribution is -2.37. The first-order valence-electron chi connectivity index (χ1n) is 8.49. The number of guanidine groups is 1. The van der Waals surface area contributed by atoms with E-state index < -0.39 is 0 Å². The molecule has 0 aromatic heterocycles. The van der Waals surface area contributed by atoms with Crippen LogP contribution in [0.4, 0.5) is 0 Å². The van der Waals surface area contributed by atoms with Crippen molar-refractivity contribution in [2.24, 2.45) is 4.99 Å². The van der Waals surface area contributed by atoms with Crippen LogP contribution in [0.5, 0.6) is 0 Å². The number of halogens is 2. The molecule has 0 aliphatic carbocycles. The van der Waals surface area contributed by atoms with Crippen LogP contribution >= 0.6 is 35.6 Å². The Balaban J connectivity index is 0.00000364. The number of carbonyl (C=O) groups is 1. The van der Waals surface area contributed by atoms with Crippen LogP contribution in [-0.4, -0.2) is 44.5 Å². The van der Waals surface area contributed by atoms with E-state index in [0.717, 1.165) is 29.5 Å². The van der Waals surface area contributed by atoms with Gasteiger partial charge in [-0.3, -0.25) is 9.79 Å². The smallest absolute Gasteiger partial charge is 0.253 e. The van der Waals surface area contributed by atoms with Gasteiger partial charge in [0, 0.05) is 44.8 Å². The molecule has 2 aromatic carbocycles. The normalized spacial score (nSPS) is 10.7. The third-order valence-corrected chi connectivity index (χ3v) is 4.16. The van der Waals surface area contributed by atoms with Gasteiger partial charge in [-0.1, -0.05) is 35.9 Å². The van der Waals surface area contributed by atoms with E-state index in [4.69, 9.17) is 11.6 Å². The van der Waals surface area contributed by atoms with Gasteiger partial charge in [-0.05, 0) is 41.8 Å². The minimum absolute atomic E-state index is 0. The minimum Gasteiger partial charge on any atom is -0.356 e. The van der Waals surface area contributed by atoms with Gasteiger partial charge in [-0.15, -0.1) is 24.0 Å². The molecule has 0 fully saturated rings. The summed E-state index contributed by atoms with van der Waals surface area (Å²) in [4.78, 5) is 17.7. The fourth-order valence-electron chi connectivity index (χ4n) is 2.41. The highest BCUT2D eigenvalue weighted by Crippen LogP contribution is 2.09. The maximum Gasteiger partial charge on any atom is 0.253 e. The summed E-state index contributed by atoms with van der Waals surface area (Å²) in [7, 11) is 5.24. The summed E-state index contributed by atoms with van der Waals surface area (Å²) in [5.74, 6) is 0.747. The van der Waals surface area contributed by atoms with E-state index in [0.29, 0.717) is 12.1 Å². The molecule has 1 amide bonds. The van der Waals surface area contributed by atoms with Crippen molar-refractivity contribution in [3.8, 4) is 0 Å². The molecule has 0 unspecified atom stereocenters. The number of nitrogens with zero attached hydrogens (tertiary/aromatic N) is 2. The predicted octanol–water partition coefficient (Wildman–Crippen LogP) is 3.57. The van der Waals surface area contributed by atoms with Crippen LogP contribution in [0.1, 0.15) is 21.5 Å². The lowest BCUT2D eigenvalue weighted by molar-refractivity contribution is 0.0827. The van der Waals surface area contributed by atoms with E-state index in [2.05, 4.69) is 15.6 Å². The van der Waals surface area contributed by atoms with E-state index in [-0.39, 0.29) is 29.9 Å². The van der Waals surface area contributed by atoms with Crippen LogP contribution in [0.25, 0.3) is 0 Å². The monoisotopic (exact) mass is 500 g/mol. The Kier molecular flexibility index (Phi) is 10.2. The van der Waals surface area contributed by atoms with Gasteiger partial charge in [0.25, 0.3) is 5.91 Å². The number of hydrogen-bond donors (Lipinski definition) is 2. The summed E-state index contributed by atoms with van der Waals surface area (Å²) in [6.45, 7) is 1.41. The van der Waals surface area contributed by atoms with Crippen LogP contribution in [0, 0.1) is 0 Å². The van der Waals surface area contributed by atoms with Crippen molar-refractivity contribution in [3.05, 3.63) is 70.2 Å². The Morgan fingerprint density at radius 3 is 2.15 bits per heavy atom. The molecule has 27 heavy (non-hydrogen) atoms. The first-order chi connectivity index (χ1) is 12.5. The summed E-state index contributed by atoms with van der Waals surface area (Å²) in [6.07, 6.45) is 0.888. The number of aliphatic imine (C=N–C) groups is 1. The highest BCUT2D eigenvalue weighted by molar-refractivity contribution is 14.0. The zero-order valence-electron chi connectivity index (χ0n) is 15.8. The molecule has 2 N–H and O–H groups in total. The molecule has 0 bridgehead atoms. The molecule has 0 aliphatic heterocycles. The molecule has 0 radical (unpaired) electrons. The van der Waals surface area contributed by atoms with E-state index >= 15 is 0 Å². The average molecular weight is 501 g/mol. The van der Waals surface area contributed by atoms with Gasteiger partial charge in [0.1, 0.15) is 0 Å². The van der Waals surface area contributed by atoms with Crippen molar-refractivity contribution < 1.29 is 4.79 Å². The van der Waals surface area contributed by atoms with Gasteiger partial charge >= 0.3 is 0 Å². The van der Waals surface area contributed by atoms with Crippen molar-refractivity contribution in [1.29, 1.82) is 0 Å². The molecule has 146 valence electrons. The molecule has 0 aliphatic rings. The van der Waals surface area contributed by atoms with Gasteiger partial charge in [-0.2, -0.15) is 0 Å². The number of hydrogen-bond acceptors (Lipinski definition) is 2. The molecule has 0 atom stereocenters. The van der Waals surface area contributed by atoms with Gasteiger partial charge in [0.05, 0.1) is 0 Å². The topological polar surface area (TPSA) is 56.7 Å². The molecule has 7 heteroatoms. The molecule has 0 saturated heterocycles. The molecule has 2 aromatic rings. The molecule has 0 heterocycles. The number of rotatable bonds is 6. The number of benzene rings is 2. The SMILES string of the molecule is CN=C(NCCc1ccc(Cl)cc1)NCc1ccc(C(=O)N(C)C)cc1.I. The maximum absolute atomic E-state index is 11.9. The maximum atomic E-state index is 11.9. The molecule has 0 saturated carbocycles. The minimum atomic E-state index is 0. The third-order valence-electron chi connectivity index (χ3n) is 3.91. The Morgan fingerprint density at radius 1 is 1.00 bits per heavy atom. The number of amides is 1. The van der Waals surface area contributed by atoms with E-state index in [1.807, 2.05) is 48.5 Å². The summed E-state index contributed by atoms with van der Waals surface area (Å²) in [6, 6.07) is 15.4. The van der Waals surface area contributed by atoms with Crippen molar-refractivity contribution in [2.75, 3.05) is 27.7 Å². The zero-order valence-corrected chi connectivity index (χ0v) is 18.9. The lowest BCUT2D eigenvalue weighted by atomic mass is 10.1. The average Bonchev–Trinajstić information content (AvgIpc) is 2.65. The van der Waals surface area contributed by atoms with Crippen molar-refractivity contribution in [1.82, 2.24) is 15.5 Å². The van der Waals surface area contributed by atoms with Crippen molar-refractivity contribution in [2.45, 2.75) is 13.0 Å². The quantitative estimate of drug-likeness (QED) is 0.362. The second-order valence-corrected chi connectivity index (χ2v) is 6.56. The molecule has 2 rings (SSSR count). The molecular formula is C20H26ClIN4O. The number of carbonyl (C=O) groups excluding carboxylic acids is 1. The Hall–Kier alpha value is -1.80. The van der Waals surface area contributed by atoms with Crippen LogP contribution in [-0.2, 0) is 13.0 Å². The second-order valence-electron chi connectivity index (χ2n) is 6.13. The zero-order chi connectivity index (χ0) is 18.9. The molecule has 0 spiro atoms. The van der Waals surface area contributed by atoms with E-state index in [1.165, 1.54) is 5.56 Å². The largest absolute Gasteiger partial charge is 0.356 e. The highest BCUT2D eigenvalue weighted by Gasteiger charge is 2.07. The van der Waals surface area contributed by atoms with Crippen LogP contribution in [0.2, 0.25) is 5.02 Å². The highest BCUT2D eigenvalue weighted by atomic mass is 127. The van der Waals surface area contributed by atoms with Gasteiger partial charge in [0.15, 0.2) is 5.96 Å². The summed E-state index contributed by atoms with van der Waals surface area (Å²) in [5, 5.41) is 7.32. The van der Waals surface area contributed by atoms with Gasteiger partial charge in [0.2, 0.25) is 0 Å². The van der Waals surface area contributed by atoms with Gasteiger partial charge in [-0.25, -0.2) is 0 Å². The summed E-state index contributed by atoms with van der Waals surface area (Å²) < 4.78 is 0. The van der Waals surface area contributed by atoms with Crippen LogP contribution in [0.3, 0.4) is 0 Å². The first-order valence-corrected chi connectivity index (χ1v) is 8.87. The fourth-order valence-corrected chi connectivity index (χ4v) is 2.53. The first kappa shape index (κ1) is 23.2. The van der Waals surface area contributed by atoms with Crippen molar-refractivity contribution >= 4 is 47.4 Å². The Morgan fingerprint density at radius 2 is 1.59 bits per heavy atom. The van der Waals surface area contributed by atoms with E-state index in [9.17, 15) is 4.79 Å². The lowest BCUT2D eigenvalue weighted by Gasteiger charge is -2.13. The second kappa shape index (κ2) is 11.8. The van der Waals surface area contributed by atoms with Crippen LogP contribution < -0.4 is 10.6 Å². The van der Waals surface area contributed by atoms with Gasteiger partial charge < -0.3 is 15.5 Å². The third kappa shape index (κ3) is 7.76. The number of nitrogens with one attached hydrogen (secondary N) is 2. The van der Waals surface area contributed by atoms with Crippen LogP contribution in [0.15, 0.2) is 53.5 Å². The van der Waals surface area contributed by atoms with E-state index in [1.54, 1.807) is 26.0 Å². The predicted molar refractivity (Wildman–Crippen MR) is 123 cm³/mol. The molecular weight excluding hydrogens is 475 g/mol. The summed E-state index contributed by atoms with van der Waals surface area (Å²) in [5.41, 5.74) is 2.99. The van der Waals surface area contributed by atoms with Crippen molar-refractivity contribution in [3.63, 3.8) is 0 Å². The summed E-state index contributed by atoms with van der Waals surface area (Å²) >= 11 is 5.89. The standard InChI is InChI=1S/C20H25ClN4O.HI/c1-22-20(23-13-12-15-6-10-18(21)11-7-15)24-14-16-4-8-17(9-5-16)19(26)25(2)3;/h4-11H,12-14H2,1-3H3,(H2,22,23,24);1H. The molecule has 5 nitrogen and oxygen atoms in total. The Labute approximate surface area is 183 Å².